The van der Waals surface area contributed by atoms with Gasteiger partial charge in [0.1, 0.15) is 6.04 Å². The molecular formula is C11H16N2O2. The van der Waals surface area contributed by atoms with E-state index in [4.69, 9.17) is 5.73 Å². The molecule has 1 aliphatic rings. The Morgan fingerprint density at radius 1 is 1.67 bits per heavy atom. The molecule has 2 rings (SSSR count). The molecule has 0 saturated heterocycles. The SMILES string of the molecule is COC(=O)C(N)c1ccc(CC2CC2)[nH]1. The van der Waals surface area contributed by atoms with Crippen LogP contribution in [0.2, 0.25) is 0 Å². The van der Waals surface area contributed by atoms with Crippen LogP contribution in [0.3, 0.4) is 0 Å². The van der Waals surface area contributed by atoms with E-state index in [0.717, 1.165) is 23.7 Å². The van der Waals surface area contributed by atoms with Gasteiger partial charge in [-0.25, -0.2) is 4.79 Å². The third kappa shape index (κ3) is 2.39. The number of hydrogen-bond donors (Lipinski definition) is 2. The third-order valence-electron chi connectivity index (χ3n) is 2.76. The first kappa shape index (κ1) is 10.2. The first-order chi connectivity index (χ1) is 7.20. The zero-order chi connectivity index (χ0) is 10.8. The van der Waals surface area contributed by atoms with Crippen LogP contribution in [0.25, 0.3) is 0 Å². The van der Waals surface area contributed by atoms with Crippen molar-refractivity contribution in [3.63, 3.8) is 0 Å². The van der Waals surface area contributed by atoms with Crippen LogP contribution in [-0.4, -0.2) is 18.1 Å². The Morgan fingerprint density at radius 3 is 3.00 bits per heavy atom. The Kier molecular flexibility index (Phi) is 2.77. The van der Waals surface area contributed by atoms with Gasteiger partial charge >= 0.3 is 5.97 Å². The smallest absolute Gasteiger partial charge is 0.328 e. The van der Waals surface area contributed by atoms with Gasteiger partial charge in [0.25, 0.3) is 0 Å². The van der Waals surface area contributed by atoms with Gasteiger partial charge in [0, 0.05) is 11.4 Å². The van der Waals surface area contributed by atoms with E-state index in [-0.39, 0.29) is 0 Å². The maximum absolute atomic E-state index is 11.2. The summed E-state index contributed by atoms with van der Waals surface area (Å²) in [6, 6.07) is 3.17. The highest BCUT2D eigenvalue weighted by Crippen LogP contribution is 2.32. The molecular weight excluding hydrogens is 192 g/mol. The number of rotatable bonds is 4. The van der Waals surface area contributed by atoms with Crippen LogP contribution in [0.5, 0.6) is 0 Å². The molecule has 4 heteroatoms. The molecule has 4 nitrogen and oxygen atoms in total. The molecule has 1 fully saturated rings. The average molecular weight is 208 g/mol. The minimum Gasteiger partial charge on any atom is -0.468 e. The van der Waals surface area contributed by atoms with Gasteiger partial charge in [-0.2, -0.15) is 0 Å². The summed E-state index contributed by atoms with van der Waals surface area (Å²) in [4.78, 5) is 14.4. The van der Waals surface area contributed by atoms with E-state index in [1.807, 2.05) is 12.1 Å². The maximum Gasteiger partial charge on any atom is 0.328 e. The number of nitrogens with one attached hydrogen (secondary N) is 1. The van der Waals surface area contributed by atoms with E-state index in [1.54, 1.807) is 0 Å². The van der Waals surface area contributed by atoms with E-state index in [2.05, 4.69) is 9.72 Å². The van der Waals surface area contributed by atoms with Gasteiger partial charge in [0.2, 0.25) is 0 Å². The molecule has 0 bridgehead atoms. The van der Waals surface area contributed by atoms with Crippen LogP contribution in [0.15, 0.2) is 12.1 Å². The van der Waals surface area contributed by atoms with Crippen molar-refractivity contribution in [3.05, 3.63) is 23.5 Å². The highest BCUT2D eigenvalue weighted by Gasteiger charge is 2.23. The number of H-pyrrole nitrogens is 1. The Bertz CT molecular complexity index is 355. The van der Waals surface area contributed by atoms with Crippen molar-refractivity contribution in [2.45, 2.75) is 25.3 Å². The van der Waals surface area contributed by atoms with Crippen LogP contribution in [0.1, 0.15) is 30.3 Å². The van der Waals surface area contributed by atoms with Crippen molar-refractivity contribution >= 4 is 5.97 Å². The summed E-state index contributed by atoms with van der Waals surface area (Å²) in [5.41, 5.74) is 7.60. The molecule has 15 heavy (non-hydrogen) atoms. The van der Waals surface area contributed by atoms with Gasteiger partial charge in [0.15, 0.2) is 0 Å². The molecule has 1 aliphatic carbocycles. The fraction of sp³-hybridized carbons (Fsp3) is 0.545. The average Bonchev–Trinajstić information content (AvgIpc) is 2.93. The quantitative estimate of drug-likeness (QED) is 0.729. The number of aromatic nitrogens is 1. The largest absolute Gasteiger partial charge is 0.468 e. The molecule has 0 aliphatic heterocycles. The zero-order valence-corrected chi connectivity index (χ0v) is 8.82. The molecule has 0 aromatic carbocycles. The molecule has 3 N–H and O–H groups in total. The fourth-order valence-corrected chi connectivity index (χ4v) is 1.65. The molecule has 1 unspecified atom stereocenters. The van der Waals surface area contributed by atoms with Crippen molar-refractivity contribution in [2.24, 2.45) is 11.7 Å². The number of methoxy groups -OCH3 is 1. The second-order valence-electron chi connectivity index (χ2n) is 4.09. The number of esters is 1. The van der Waals surface area contributed by atoms with E-state index in [1.165, 1.54) is 20.0 Å². The topological polar surface area (TPSA) is 68.1 Å². The van der Waals surface area contributed by atoms with Gasteiger partial charge in [-0.15, -0.1) is 0 Å². The Balaban J connectivity index is 2.01. The predicted molar refractivity (Wildman–Crippen MR) is 56.2 cm³/mol. The van der Waals surface area contributed by atoms with Crippen LogP contribution in [0, 0.1) is 5.92 Å². The molecule has 1 heterocycles. The van der Waals surface area contributed by atoms with Gasteiger partial charge in [-0.1, -0.05) is 0 Å². The highest BCUT2D eigenvalue weighted by molar-refractivity contribution is 5.76. The molecule has 82 valence electrons. The van der Waals surface area contributed by atoms with Crippen LogP contribution in [-0.2, 0) is 16.0 Å². The minimum atomic E-state index is -0.692. The minimum absolute atomic E-state index is 0.408. The summed E-state index contributed by atoms with van der Waals surface area (Å²) < 4.78 is 4.59. The Morgan fingerprint density at radius 2 is 2.40 bits per heavy atom. The van der Waals surface area contributed by atoms with Crippen LogP contribution >= 0.6 is 0 Å². The first-order valence-corrected chi connectivity index (χ1v) is 5.22. The second-order valence-corrected chi connectivity index (χ2v) is 4.09. The number of aromatic amines is 1. The van der Waals surface area contributed by atoms with Crippen molar-refractivity contribution < 1.29 is 9.53 Å². The summed E-state index contributed by atoms with van der Waals surface area (Å²) in [6.07, 6.45) is 3.70. The van der Waals surface area contributed by atoms with Crippen LogP contribution in [0.4, 0.5) is 0 Å². The van der Waals surface area contributed by atoms with Crippen molar-refractivity contribution in [2.75, 3.05) is 7.11 Å². The number of nitrogens with two attached hydrogens (primary N) is 1. The summed E-state index contributed by atoms with van der Waals surface area (Å²) in [6.45, 7) is 0. The summed E-state index contributed by atoms with van der Waals surface area (Å²) in [5, 5.41) is 0. The van der Waals surface area contributed by atoms with Crippen molar-refractivity contribution in [3.8, 4) is 0 Å². The van der Waals surface area contributed by atoms with Gasteiger partial charge in [-0.05, 0) is 37.3 Å². The van der Waals surface area contributed by atoms with E-state index < -0.39 is 12.0 Å². The molecule has 1 aromatic rings. The van der Waals surface area contributed by atoms with Gasteiger partial charge in [-0.3, -0.25) is 0 Å². The number of hydrogen-bond acceptors (Lipinski definition) is 3. The molecule has 0 radical (unpaired) electrons. The predicted octanol–water partition coefficient (Wildman–Crippen LogP) is 1.14. The lowest BCUT2D eigenvalue weighted by Gasteiger charge is -2.06. The monoisotopic (exact) mass is 208 g/mol. The molecule has 1 aromatic heterocycles. The molecule has 0 spiro atoms. The number of carbonyl (C=O) groups excluding carboxylic acids is 1. The highest BCUT2D eigenvalue weighted by atomic mass is 16.5. The number of ether oxygens (including phenoxy) is 1. The standard InChI is InChI=1S/C11H16N2O2/c1-15-11(14)10(12)9-5-4-8(13-9)6-7-2-3-7/h4-5,7,10,13H,2-3,6,12H2,1H3. The summed E-state index contributed by atoms with van der Waals surface area (Å²) >= 11 is 0. The van der Waals surface area contributed by atoms with E-state index >= 15 is 0 Å². The van der Waals surface area contributed by atoms with Crippen LogP contribution < -0.4 is 5.73 Å². The Hall–Kier alpha value is -1.29. The Labute approximate surface area is 88.8 Å². The lowest BCUT2D eigenvalue weighted by Crippen LogP contribution is -2.22. The lowest BCUT2D eigenvalue weighted by atomic mass is 10.2. The summed E-state index contributed by atoms with van der Waals surface area (Å²) in [5.74, 6) is 0.417. The summed E-state index contributed by atoms with van der Waals surface area (Å²) in [7, 11) is 1.34. The fourth-order valence-electron chi connectivity index (χ4n) is 1.65. The molecule has 1 saturated carbocycles. The number of carbonyl (C=O) groups is 1. The normalized spacial score (nSPS) is 17.5. The third-order valence-corrected chi connectivity index (χ3v) is 2.76. The first-order valence-electron chi connectivity index (χ1n) is 5.22. The lowest BCUT2D eigenvalue weighted by molar-refractivity contribution is -0.142. The molecule has 0 amide bonds. The van der Waals surface area contributed by atoms with Gasteiger partial charge in [0.05, 0.1) is 7.11 Å². The zero-order valence-electron chi connectivity index (χ0n) is 8.82. The van der Waals surface area contributed by atoms with Crippen molar-refractivity contribution in [1.82, 2.24) is 4.98 Å². The molecule has 1 atom stereocenters. The second kappa shape index (κ2) is 4.06. The van der Waals surface area contributed by atoms with E-state index in [9.17, 15) is 4.79 Å². The van der Waals surface area contributed by atoms with E-state index in [0.29, 0.717) is 0 Å². The maximum atomic E-state index is 11.2. The van der Waals surface area contributed by atoms with Crippen molar-refractivity contribution in [1.29, 1.82) is 0 Å². The van der Waals surface area contributed by atoms with Gasteiger partial charge < -0.3 is 15.5 Å².